The van der Waals surface area contributed by atoms with Crippen LogP contribution in [0.4, 0.5) is 0 Å². The molecule has 1 aromatic carbocycles. The number of aryl methyl sites for hydroxylation is 1. The zero-order chi connectivity index (χ0) is 13.1. The van der Waals surface area contributed by atoms with Gasteiger partial charge in [-0.1, -0.05) is 23.9 Å². The molecular formula is C11H12N4O2S. The Hall–Kier alpha value is -2.02. The van der Waals surface area contributed by atoms with Crippen molar-refractivity contribution >= 4 is 17.7 Å². The molecule has 0 aliphatic carbocycles. The van der Waals surface area contributed by atoms with Gasteiger partial charge in [0.25, 0.3) is 0 Å². The number of hydrogen-bond donors (Lipinski definition) is 2. The molecule has 1 heterocycles. The van der Waals surface area contributed by atoms with Crippen molar-refractivity contribution in [2.45, 2.75) is 17.8 Å². The number of carboxylic acids is 1. The molecule has 1 aromatic heterocycles. The molecule has 0 fully saturated rings. The number of thioether (sulfide) groups is 1. The van der Waals surface area contributed by atoms with Gasteiger partial charge in [0.2, 0.25) is 5.16 Å². The van der Waals surface area contributed by atoms with E-state index in [-0.39, 0.29) is 5.56 Å². The van der Waals surface area contributed by atoms with Crippen LogP contribution in [-0.2, 0) is 5.75 Å². The maximum Gasteiger partial charge on any atom is 0.335 e. The van der Waals surface area contributed by atoms with Crippen molar-refractivity contribution in [3.8, 4) is 0 Å². The second-order valence-electron chi connectivity index (χ2n) is 3.69. The number of carbonyl (C=O) groups is 1. The summed E-state index contributed by atoms with van der Waals surface area (Å²) in [5.74, 6) is 6.11. The van der Waals surface area contributed by atoms with Crippen LogP contribution in [0.2, 0.25) is 0 Å². The summed E-state index contributed by atoms with van der Waals surface area (Å²) in [4.78, 5) is 10.7. The summed E-state index contributed by atoms with van der Waals surface area (Å²) in [6.07, 6.45) is 0. The third kappa shape index (κ3) is 2.62. The van der Waals surface area contributed by atoms with Crippen LogP contribution < -0.4 is 5.84 Å². The van der Waals surface area contributed by atoms with Crippen LogP contribution in [0.25, 0.3) is 0 Å². The molecule has 0 aliphatic heterocycles. The Morgan fingerprint density at radius 2 is 2.06 bits per heavy atom. The fourth-order valence-electron chi connectivity index (χ4n) is 1.34. The third-order valence-corrected chi connectivity index (χ3v) is 3.42. The number of rotatable bonds is 4. The van der Waals surface area contributed by atoms with Gasteiger partial charge in [-0.3, -0.25) is 0 Å². The van der Waals surface area contributed by atoms with E-state index in [1.807, 2.05) is 0 Å². The number of aromatic nitrogens is 3. The van der Waals surface area contributed by atoms with Crippen LogP contribution in [0.1, 0.15) is 21.7 Å². The van der Waals surface area contributed by atoms with Gasteiger partial charge in [0.15, 0.2) is 0 Å². The molecule has 2 aromatic rings. The standard InChI is InChI=1S/C11H12N4O2S/c1-7-13-14-11(15(7)12)18-6-8-2-4-9(5-3-8)10(16)17/h2-5H,6,12H2,1H3,(H,16,17). The van der Waals surface area contributed by atoms with Crippen molar-refractivity contribution in [3.05, 3.63) is 41.2 Å². The second-order valence-corrected chi connectivity index (χ2v) is 4.63. The largest absolute Gasteiger partial charge is 0.478 e. The van der Waals surface area contributed by atoms with Gasteiger partial charge in [-0.25, -0.2) is 9.47 Å². The van der Waals surface area contributed by atoms with E-state index in [9.17, 15) is 4.79 Å². The predicted molar refractivity (Wildman–Crippen MR) is 67.9 cm³/mol. The minimum Gasteiger partial charge on any atom is -0.478 e. The van der Waals surface area contributed by atoms with E-state index in [0.29, 0.717) is 16.7 Å². The summed E-state index contributed by atoms with van der Waals surface area (Å²) in [5.41, 5.74) is 1.28. The van der Waals surface area contributed by atoms with Gasteiger partial charge in [-0.05, 0) is 24.6 Å². The topological polar surface area (TPSA) is 94.0 Å². The Morgan fingerprint density at radius 3 is 2.56 bits per heavy atom. The van der Waals surface area contributed by atoms with Gasteiger partial charge in [0.1, 0.15) is 5.82 Å². The summed E-state index contributed by atoms with van der Waals surface area (Å²) in [6, 6.07) is 6.72. The minimum atomic E-state index is -0.925. The first-order chi connectivity index (χ1) is 8.58. The normalized spacial score (nSPS) is 10.5. The lowest BCUT2D eigenvalue weighted by Gasteiger charge is -2.02. The maximum absolute atomic E-state index is 10.7. The molecule has 18 heavy (non-hydrogen) atoms. The van der Waals surface area contributed by atoms with Crippen molar-refractivity contribution in [2.24, 2.45) is 0 Å². The highest BCUT2D eigenvalue weighted by Crippen LogP contribution is 2.20. The van der Waals surface area contributed by atoms with Gasteiger partial charge in [0.05, 0.1) is 5.56 Å². The number of nitrogen functional groups attached to an aromatic ring is 1. The van der Waals surface area contributed by atoms with Gasteiger partial charge in [-0.15, -0.1) is 10.2 Å². The fraction of sp³-hybridized carbons (Fsp3) is 0.182. The van der Waals surface area contributed by atoms with Crippen LogP contribution in [-0.4, -0.2) is 25.9 Å². The van der Waals surface area contributed by atoms with Gasteiger partial charge < -0.3 is 10.9 Å². The summed E-state index contributed by atoms with van der Waals surface area (Å²) in [7, 11) is 0. The third-order valence-electron chi connectivity index (χ3n) is 2.40. The van der Waals surface area contributed by atoms with Gasteiger partial charge in [-0.2, -0.15) is 0 Å². The Morgan fingerprint density at radius 1 is 1.39 bits per heavy atom. The quantitative estimate of drug-likeness (QED) is 0.638. The van der Waals surface area contributed by atoms with Crippen molar-refractivity contribution in [1.29, 1.82) is 0 Å². The summed E-state index contributed by atoms with van der Waals surface area (Å²) in [6.45, 7) is 1.78. The molecule has 6 nitrogen and oxygen atoms in total. The Balaban J connectivity index is 2.02. The van der Waals surface area contributed by atoms with Crippen LogP contribution in [0.15, 0.2) is 29.4 Å². The molecule has 0 bridgehead atoms. The van der Waals surface area contributed by atoms with E-state index in [2.05, 4.69) is 10.2 Å². The van der Waals surface area contributed by atoms with Crippen LogP contribution in [0.3, 0.4) is 0 Å². The highest BCUT2D eigenvalue weighted by atomic mass is 32.2. The molecule has 0 saturated heterocycles. The van der Waals surface area contributed by atoms with Crippen molar-refractivity contribution < 1.29 is 9.90 Å². The molecule has 7 heteroatoms. The van der Waals surface area contributed by atoms with E-state index in [0.717, 1.165) is 5.56 Å². The first-order valence-corrected chi connectivity index (χ1v) is 6.18. The zero-order valence-electron chi connectivity index (χ0n) is 9.70. The lowest BCUT2D eigenvalue weighted by molar-refractivity contribution is 0.0697. The van der Waals surface area contributed by atoms with Crippen molar-refractivity contribution in [1.82, 2.24) is 14.9 Å². The molecular weight excluding hydrogens is 252 g/mol. The number of nitrogens with two attached hydrogens (primary N) is 1. The van der Waals surface area contributed by atoms with Crippen molar-refractivity contribution in [3.63, 3.8) is 0 Å². The molecule has 0 aliphatic rings. The number of benzene rings is 1. The molecule has 0 spiro atoms. The predicted octanol–water partition coefficient (Wildman–Crippen LogP) is 1.29. The van der Waals surface area contributed by atoms with Gasteiger partial charge >= 0.3 is 5.97 Å². The average Bonchev–Trinajstić information content (AvgIpc) is 2.68. The first kappa shape index (κ1) is 12.4. The van der Waals surface area contributed by atoms with E-state index in [1.165, 1.54) is 16.4 Å². The lowest BCUT2D eigenvalue weighted by atomic mass is 10.1. The summed E-state index contributed by atoms with van der Waals surface area (Å²) >= 11 is 1.45. The molecule has 0 radical (unpaired) electrons. The number of aromatic carboxylic acids is 1. The Bertz CT molecular complexity index is 565. The highest BCUT2D eigenvalue weighted by molar-refractivity contribution is 7.98. The Kier molecular flexibility index (Phi) is 3.52. The molecule has 0 amide bonds. The second kappa shape index (κ2) is 5.09. The molecule has 0 atom stereocenters. The van der Waals surface area contributed by atoms with Crippen LogP contribution >= 0.6 is 11.8 Å². The van der Waals surface area contributed by atoms with Gasteiger partial charge in [0, 0.05) is 5.75 Å². The van der Waals surface area contributed by atoms with E-state index in [4.69, 9.17) is 10.9 Å². The molecule has 2 rings (SSSR count). The monoisotopic (exact) mass is 264 g/mol. The lowest BCUT2D eigenvalue weighted by Crippen LogP contribution is -2.11. The first-order valence-electron chi connectivity index (χ1n) is 5.20. The highest BCUT2D eigenvalue weighted by Gasteiger charge is 2.07. The number of hydrogen-bond acceptors (Lipinski definition) is 5. The van der Waals surface area contributed by atoms with Crippen LogP contribution in [0, 0.1) is 6.92 Å². The molecule has 94 valence electrons. The average molecular weight is 264 g/mol. The van der Waals surface area contributed by atoms with Crippen molar-refractivity contribution in [2.75, 3.05) is 5.84 Å². The maximum atomic E-state index is 10.7. The van der Waals surface area contributed by atoms with E-state index in [1.54, 1.807) is 31.2 Å². The summed E-state index contributed by atoms with van der Waals surface area (Å²) in [5, 5.41) is 17.2. The number of nitrogens with zero attached hydrogens (tertiary/aromatic N) is 3. The smallest absolute Gasteiger partial charge is 0.335 e. The SMILES string of the molecule is Cc1nnc(SCc2ccc(C(=O)O)cc2)n1N. The van der Waals surface area contributed by atoms with Crippen LogP contribution in [0.5, 0.6) is 0 Å². The molecule has 0 unspecified atom stereocenters. The van der Waals surface area contributed by atoms with E-state index < -0.39 is 5.97 Å². The fourth-order valence-corrected chi connectivity index (χ4v) is 2.20. The number of carboxylic acid groups (broad SMARTS) is 1. The molecule has 3 N–H and O–H groups in total. The minimum absolute atomic E-state index is 0.279. The zero-order valence-corrected chi connectivity index (χ0v) is 10.5. The Labute approximate surface area is 108 Å². The van der Waals surface area contributed by atoms with E-state index >= 15 is 0 Å². The molecule has 0 saturated carbocycles. The summed E-state index contributed by atoms with van der Waals surface area (Å²) < 4.78 is 1.43.